The van der Waals surface area contributed by atoms with Crippen LogP contribution in [0.5, 0.6) is 0 Å². The zero-order valence-corrected chi connectivity index (χ0v) is 17.7. The lowest BCUT2D eigenvalue weighted by Gasteiger charge is -2.11. The van der Waals surface area contributed by atoms with E-state index in [1.54, 1.807) is 12.7 Å². The van der Waals surface area contributed by atoms with E-state index in [9.17, 15) is 0 Å². The van der Waals surface area contributed by atoms with E-state index in [0.717, 1.165) is 19.0 Å². The van der Waals surface area contributed by atoms with E-state index in [4.69, 9.17) is 4.99 Å². The smallest absolute Gasteiger partial charge is 0.191 e. The zero-order chi connectivity index (χ0) is 18.0. The van der Waals surface area contributed by atoms with Crippen molar-refractivity contribution < 1.29 is 0 Å². The zero-order valence-electron chi connectivity index (χ0n) is 15.4. The molecule has 142 valence electrons. The van der Waals surface area contributed by atoms with Crippen molar-refractivity contribution >= 4 is 29.9 Å². The van der Waals surface area contributed by atoms with Crippen LogP contribution in [0.1, 0.15) is 23.6 Å². The monoisotopic (exact) mass is 476 g/mol. The molecule has 0 saturated carbocycles. The Morgan fingerprint density at radius 3 is 2.52 bits per heavy atom. The molecule has 7 heteroatoms. The molecular formula is C20H25IN6. The van der Waals surface area contributed by atoms with Gasteiger partial charge in [0.1, 0.15) is 12.7 Å². The third kappa shape index (κ3) is 7.01. The molecule has 0 bridgehead atoms. The number of nitrogens with zero attached hydrogens (tertiary/aromatic N) is 4. The van der Waals surface area contributed by atoms with Gasteiger partial charge in [0.05, 0.1) is 13.1 Å². The van der Waals surface area contributed by atoms with Gasteiger partial charge in [0.2, 0.25) is 0 Å². The Morgan fingerprint density at radius 2 is 1.78 bits per heavy atom. The Kier molecular flexibility index (Phi) is 8.76. The first kappa shape index (κ1) is 20.9. The summed E-state index contributed by atoms with van der Waals surface area (Å²) >= 11 is 0. The van der Waals surface area contributed by atoms with E-state index in [1.165, 1.54) is 16.7 Å². The Bertz CT molecular complexity index is 818. The van der Waals surface area contributed by atoms with Crippen LogP contribution in [0.15, 0.2) is 72.2 Å². The average molecular weight is 476 g/mol. The van der Waals surface area contributed by atoms with Gasteiger partial charge < -0.3 is 10.6 Å². The number of aromatic nitrogens is 3. The van der Waals surface area contributed by atoms with E-state index in [1.807, 2.05) is 22.9 Å². The molecule has 1 aromatic heterocycles. The fourth-order valence-electron chi connectivity index (χ4n) is 2.62. The van der Waals surface area contributed by atoms with Gasteiger partial charge in [0, 0.05) is 13.1 Å². The number of hydrogen-bond acceptors (Lipinski definition) is 3. The molecule has 0 spiro atoms. The quantitative estimate of drug-likeness (QED) is 0.312. The van der Waals surface area contributed by atoms with Crippen LogP contribution in [0.2, 0.25) is 0 Å². The van der Waals surface area contributed by atoms with Crippen molar-refractivity contribution in [1.29, 1.82) is 0 Å². The average Bonchev–Trinajstić information content (AvgIpc) is 3.18. The molecule has 2 aromatic carbocycles. The first-order valence-corrected chi connectivity index (χ1v) is 8.80. The lowest BCUT2D eigenvalue weighted by atomic mass is 10.1. The summed E-state index contributed by atoms with van der Waals surface area (Å²) in [6, 6.07) is 18.7. The second kappa shape index (κ2) is 11.3. The molecule has 6 nitrogen and oxygen atoms in total. The van der Waals surface area contributed by atoms with Gasteiger partial charge in [0.15, 0.2) is 5.96 Å². The highest BCUT2D eigenvalue weighted by molar-refractivity contribution is 14.0. The molecule has 27 heavy (non-hydrogen) atoms. The van der Waals surface area contributed by atoms with Crippen LogP contribution in [-0.2, 0) is 19.6 Å². The normalized spacial score (nSPS) is 10.9. The number of guanidine groups is 1. The molecule has 0 fully saturated rings. The highest BCUT2D eigenvalue weighted by atomic mass is 127. The number of benzene rings is 2. The number of aliphatic imine (C=N–C) groups is 1. The first-order chi connectivity index (χ1) is 12.8. The van der Waals surface area contributed by atoms with Gasteiger partial charge in [-0.05, 0) is 23.6 Å². The van der Waals surface area contributed by atoms with Crippen molar-refractivity contribution in [1.82, 2.24) is 25.4 Å². The second-order valence-electron chi connectivity index (χ2n) is 5.95. The predicted octanol–water partition coefficient (Wildman–Crippen LogP) is 3.20. The largest absolute Gasteiger partial charge is 0.357 e. The summed E-state index contributed by atoms with van der Waals surface area (Å²) < 4.78 is 1.81. The molecule has 2 N–H and O–H groups in total. The minimum atomic E-state index is 0. The molecule has 0 aliphatic heterocycles. The maximum absolute atomic E-state index is 4.70. The molecule has 3 aromatic rings. The van der Waals surface area contributed by atoms with Crippen molar-refractivity contribution in [2.45, 2.75) is 26.6 Å². The number of rotatable bonds is 7. The molecule has 0 atom stereocenters. The summed E-state index contributed by atoms with van der Waals surface area (Å²) in [5, 5.41) is 10.8. The SMILES string of the molecule is CCNC(=NCc1cccc(Cn2cncn2)c1)NCc1ccccc1.I. The van der Waals surface area contributed by atoms with Crippen LogP contribution in [0.25, 0.3) is 0 Å². The van der Waals surface area contributed by atoms with Crippen LogP contribution in [0.4, 0.5) is 0 Å². The number of nitrogens with one attached hydrogen (secondary N) is 2. The van der Waals surface area contributed by atoms with E-state index < -0.39 is 0 Å². The van der Waals surface area contributed by atoms with Gasteiger partial charge in [-0.25, -0.2) is 14.7 Å². The highest BCUT2D eigenvalue weighted by Crippen LogP contribution is 2.08. The third-order valence-corrected chi connectivity index (χ3v) is 3.87. The fraction of sp³-hybridized carbons (Fsp3) is 0.250. The minimum absolute atomic E-state index is 0. The Hall–Kier alpha value is -2.42. The summed E-state index contributed by atoms with van der Waals surface area (Å²) in [6.07, 6.45) is 3.27. The van der Waals surface area contributed by atoms with Crippen LogP contribution < -0.4 is 10.6 Å². The van der Waals surface area contributed by atoms with E-state index in [2.05, 4.69) is 64.0 Å². The Labute approximate surface area is 177 Å². The van der Waals surface area contributed by atoms with Crippen molar-refractivity contribution in [3.05, 3.63) is 83.9 Å². The van der Waals surface area contributed by atoms with E-state index >= 15 is 0 Å². The molecule has 0 aliphatic rings. The lowest BCUT2D eigenvalue weighted by Crippen LogP contribution is -2.36. The van der Waals surface area contributed by atoms with Crippen LogP contribution >= 0.6 is 24.0 Å². The molecule has 0 aliphatic carbocycles. The number of hydrogen-bond donors (Lipinski definition) is 2. The summed E-state index contributed by atoms with van der Waals surface area (Å²) in [4.78, 5) is 8.68. The Balaban J connectivity index is 0.00000261. The molecule has 3 rings (SSSR count). The van der Waals surface area contributed by atoms with E-state index in [0.29, 0.717) is 13.1 Å². The van der Waals surface area contributed by atoms with Crippen LogP contribution in [-0.4, -0.2) is 27.3 Å². The van der Waals surface area contributed by atoms with Gasteiger partial charge in [-0.15, -0.1) is 24.0 Å². The molecule has 0 unspecified atom stereocenters. The summed E-state index contributed by atoms with van der Waals surface area (Å²) in [7, 11) is 0. The topological polar surface area (TPSA) is 67.1 Å². The third-order valence-electron chi connectivity index (χ3n) is 3.87. The van der Waals surface area contributed by atoms with Gasteiger partial charge in [0.25, 0.3) is 0 Å². The van der Waals surface area contributed by atoms with Gasteiger partial charge in [-0.2, -0.15) is 5.10 Å². The first-order valence-electron chi connectivity index (χ1n) is 8.80. The van der Waals surface area contributed by atoms with Crippen molar-refractivity contribution in [3.8, 4) is 0 Å². The molecule has 0 radical (unpaired) electrons. The summed E-state index contributed by atoms with van der Waals surface area (Å²) in [5.41, 5.74) is 3.58. The van der Waals surface area contributed by atoms with Gasteiger partial charge in [-0.3, -0.25) is 0 Å². The van der Waals surface area contributed by atoms with Gasteiger partial charge in [-0.1, -0.05) is 54.6 Å². The second-order valence-corrected chi connectivity index (χ2v) is 5.95. The van der Waals surface area contributed by atoms with Crippen molar-refractivity contribution in [3.63, 3.8) is 0 Å². The lowest BCUT2D eigenvalue weighted by molar-refractivity contribution is 0.684. The van der Waals surface area contributed by atoms with Crippen LogP contribution in [0, 0.1) is 0 Å². The highest BCUT2D eigenvalue weighted by Gasteiger charge is 2.01. The molecule has 0 amide bonds. The van der Waals surface area contributed by atoms with E-state index in [-0.39, 0.29) is 24.0 Å². The molecular weight excluding hydrogens is 451 g/mol. The number of halogens is 1. The minimum Gasteiger partial charge on any atom is -0.357 e. The molecule has 0 saturated heterocycles. The van der Waals surface area contributed by atoms with Crippen LogP contribution in [0.3, 0.4) is 0 Å². The van der Waals surface area contributed by atoms with Crippen molar-refractivity contribution in [2.75, 3.05) is 6.54 Å². The maximum Gasteiger partial charge on any atom is 0.191 e. The summed E-state index contributed by atoms with van der Waals surface area (Å²) in [6.45, 7) is 4.98. The Morgan fingerprint density at radius 1 is 1.00 bits per heavy atom. The fourth-order valence-corrected chi connectivity index (χ4v) is 2.62. The standard InChI is InChI=1S/C20H24N6.HI/c1-2-22-20(23-12-17-7-4-3-5-8-17)24-13-18-9-6-10-19(11-18)14-26-16-21-15-25-26;/h3-11,15-16H,2,12-14H2,1H3,(H2,22,23,24);1H. The maximum atomic E-state index is 4.70. The molecule has 1 heterocycles. The summed E-state index contributed by atoms with van der Waals surface area (Å²) in [5.74, 6) is 0.818. The van der Waals surface area contributed by atoms with Gasteiger partial charge >= 0.3 is 0 Å². The predicted molar refractivity (Wildman–Crippen MR) is 119 cm³/mol. The van der Waals surface area contributed by atoms with Crippen molar-refractivity contribution in [2.24, 2.45) is 4.99 Å².